The summed E-state index contributed by atoms with van der Waals surface area (Å²) >= 11 is 3.31. The number of aliphatic hydroxyl groups is 1. The van der Waals surface area contributed by atoms with E-state index in [1.54, 1.807) is 13.3 Å². The Hall–Kier alpha value is -0.880. The predicted molar refractivity (Wildman–Crippen MR) is 82.0 cm³/mol. The van der Waals surface area contributed by atoms with Gasteiger partial charge in [0, 0.05) is 6.54 Å². The van der Waals surface area contributed by atoms with Crippen molar-refractivity contribution in [1.29, 1.82) is 0 Å². The van der Waals surface area contributed by atoms with Crippen molar-refractivity contribution in [2.75, 3.05) is 19.0 Å². The van der Waals surface area contributed by atoms with Crippen LogP contribution in [-0.4, -0.2) is 34.3 Å². The number of halogens is 1. The van der Waals surface area contributed by atoms with Crippen LogP contribution in [-0.2, 0) is 0 Å². The van der Waals surface area contributed by atoms with Crippen molar-refractivity contribution in [3.8, 4) is 5.88 Å². The van der Waals surface area contributed by atoms with Crippen LogP contribution in [0.2, 0.25) is 0 Å². The van der Waals surface area contributed by atoms with Crippen molar-refractivity contribution in [3.05, 3.63) is 10.7 Å². The highest BCUT2D eigenvalue weighted by molar-refractivity contribution is 9.10. The van der Waals surface area contributed by atoms with Gasteiger partial charge in [0.2, 0.25) is 11.8 Å². The topological polar surface area (TPSA) is 67.3 Å². The maximum atomic E-state index is 10.6. The smallest absolute Gasteiger partial charge is 0.232 e. The summed E-state index contributed by atoms with van der Waals surface area (Å²) in [5, 5.41) is 13.7. The number of hydrogen-bond acceptors (Lipinski definition) is 5. The summed E-state index contributed by atoms with van der Waals surface area (Å²) in [6, 6.07) is 0. The molecule has 1 aromatic heterocycles. The second-order valence-electron chi connectivity index (χ2n) is 6.29. The summed E-state index contributed by atoms with van der Waals surface area (Å²) in [7, 11) is 1.56. The molecule has 0 aliphatic heterocycles. The van der Waals surface area contributed by atoms with Crippen LogP contribution in [0, 0.1) is 5.41 Å². The Kier molecular flexibility index (Phi) is 4.54. The third kappa shape index (κ3) is 3.82. The number of anilines is 1. The van der Waals surface area contributed by atoms with Crippen LogP contribution >= 0.6 is 15.9 Å². The number of aromatic nitrogens is 2. The van der Waals surface area contributed by atoms with Crippen molar-refractivity contribution in [1.82, 2.24) is 9.97 Å². The molecule has 0 amide bonds. The molecule has 0 radical (unpaired) electrons. The molecular weight excluding hydrogens is 322 g/mol. The molecule has 1 aliphatic carbocycles. The normalized spacial score (nSPS) is 20.4. The first kappa shape index (κ1) is 15.5. The fraction of sp³-hybridized carbons (Fsp3) is 0.714. The van der Waals surface area contributed by atoms with Gasteiger partial charge < -0.3 is 15.2 Å². The van der Waals surface area contributed by atoms with Gasteiger partial charge in [-0.1, -0.05) is 13.8 Å². The molecule has 0 aromatic carbocycles. The maximum absolute atomic E-state index is 10.6. The molecule has 1 aliphatic rings. The predicted octanol–water partition coefficient (Wildman–Crippen LogP) is 2.99. The molecule has 0 saturated heterocycles. The minimum Gasteiger partial charge on any atom is -0.480 e. The van der Waals surface area contributed by atoms with Crippen molar-refractivity contribution in [3.63, 3.8) is 0 Å². The molecule has 6 heteroatoms. The van der Waals surface area contributed by atoms with Crippen LogP contribution in [0.15, 0.2) is 10.7 Å². The number of ether oxygens (including phenoxy) is 1. The summed E-state index contributed by atoms with van der Waals surface area (Å²) < 4.78 is 5.84. The van der Waals surface area contributed by atoms with Gasteiger partial charge in [-0.3, -0.25) is 0 Å². The van der Waals surface area contributed by atoms with E-state index in [1.807, 2.05) is 0 Å². The summed E-state index contributed by atoms with van der Waals surface area (Å²) in [6.45, 7) is 4.97. The van der Waals surface area contributed by atoms with E-state index in [0.717, 1.165) is 25.7 Å². The third-order valence-corrected chi connectivity index (χ3v) is 4.56. The fourth-order valence-corrected chi connectivity index (χ4v) is 2.75. The summed E-state index contributed by atoms with van der Waals surface area (Å²) in [6.07, 6.45) is 5.33. The molecule has 0 bridgehead atoms. The first-order valence-electron chi connectivity index (χ1n) is 6.86. The average Bonchev–Trinajstić information content (AvgIpc) is 2.42. The van der Waals surface area contributed by atoms with Crippen LogP contribution in [0.3, 0.4) is 0 Å². The summed E-state index contributed by atoms with van der Waals surface area (Å²) in [4.78, 5) is 8.40. The molecule has 1 fully saturated rings. The van der Waals surface area contributed by atoms with Crippen molar-refractivity contribution in [2.45, 2.75) is 45.1 Å². The zero-order chi connectivity index (χ0) is 14.8. The Morgan fingerprint density at radius 1 is 1.35 bits per heavy atom. The van der Waals surface area contributed by atoms with E-state index in [4.69, 9.17) is 4.74 Å². The zero-order valence-corrected chi connectivity index (χ0v) is 13.8. The molecule has 0 atom stereocenters. The molecule has 1 aromatic rings. The Morgan fingerprint density at radius 2 is 2.00 bits per heavy atom. The van der Waals surface area contributed by atoms with E-state index in [2.05, 4.69) is 45.1 Å². The Balaban J connectivity index is 1.95. The van der Waals surface area contributed by atoms with Gasteiger partial charge in [-0.15, -0.1) is 0 Å². The first-order valence-corrected chi connectivity index (χ1v) is 7.66. The van der Waals surface area contributed by atoms with Crippen LogP contribution in [0.1, 0.15) is 39.5 Å². The van der Waals surface area contributed by atoms with Gasteiger partial charge in [0.15, 0.2) is 0 Å². The molecule has 1 saturated carbocycles. The van der Waals surface area contributed by atoms with Crippen molar-refractivity contribution < 1.29 is 9.84 Å². The van der Waals surface area contributed by atoms with Gasteiger partial charge in [-0.05, 0) is 47.0 Å². The molecular formula is C14H22BrN3O2. The number of hydrogen-bond donors (Lipinski definition) is 2. The number of nitrogens with one attached hydrogen (secondary N) is 1. The summed E-state index contributed by atoms with van der Waals surface area (Å²) in [5.74, 6) is 0.961. The molecule has 2 N–H and O–H groups in total. The SMILES string of the molecule is COc1nc(NCC2(O)CCC(C)(C)CC2)ncc1Br. The molecule has 0 unspecified atom stereocenters. The van der Waals surface area contributed by atoms with Gasteiger partial charge in [0.25, 0.3) is 0 Å². The first-order chi connectivity index (χ1) is 9.34. The minimum atomic E-state index is -0.667. The number of methoxy groups -OCH3 is 1. The lowest BCUT2D eigenvalue weighted by molar-refractivity contribution is -0.0146. The molecule has 2 rings (SSSR count). The lowest BCUT2D eigenvalue weighted by Crippen LogP contribution is -2.42. The standard InChI is InChI=1S/C14H22BrN3O2/c1-13(2)4-6-14(19,7-5-13)9-17-12-16-8-10(15)11(18-12)20-3/h8,19H,4-7,9H2,1-3H3,(H,16,17,18). The molecule has 112 valence electrons. The average molecular weight is 344 g/mol. The number of rotatable bonds is 4. The summed E-state index contributed by atoms with van der Waals surface area (Å²) in [5.41, 5.74) is -0.331. The Morgan fingerprint density at radius 3 is 2.60 bits per heavy atom. The zero-order valence-electron chi connectivity index (χ0n) is 12.2. The van der Waals surface area contributed by atoms with E-state index in [1.165, 1.54) is 0 Å². The van der Waals surface area contributed by atoms with Crippen molar-refractivity contribution in [2.24, 2.45) is 5.41 Å². The molecule has 0 spiro atoms. The highest BCUT2D eigenvalue weighted by Crippen LogP contribution is 2.40. The van der Waals surface area contributed by atoms with Crippen molar-refractivity contribution >= 4 is 21.9 Å². The molecule has 20 heavy (non-hydrogen) atoms. The van der Waals surface area contributed by atoms with E-state index >= 15 is 0 Å². The largest absolute Gasteiger partial charge is 0.480 e. The second-order valence-corrected chi connectivity index (χ2v) is 7.15. The van der Waals surface area contributed by atoms with Crippen LogP contribution < -0.4 is 10.1 Å². The lowest BCUT2D eigenvalue weighted by atomic mass is 9.71. The molecule has 5 nitrogen and oxygen atoms in total. The Labute approximate surface area is 128 Å². The third-order valence-electron chi connectivity index (χ3n) is 4.02. The van der Waals surface area contributed by atoms with Gasteiger partial charge >= 0.3 is 0 Å². The second kappa shape index (κ2) is 5.85. The minimum absolute atomic E-state index is 0.337. The fourth-order valence-electron chi connectivity index (χ4n) is 2.39. The van der Waals surface area contributed by atoms with Crippen LogP contribution in [0.25, 0.3) is 0 Å². The van der Waals surface area contributed by atoms with Crippen LogP contribution in [0.5, 0.6) is 5.88 Å². The highest BCUT2D eigenvalue weighted by Gasteiger charge is 2.36. The van der Waals surface area contributed by atoms with E-state index in [-0.39, 0.29) is 0 Å². The maximum Gasteiger partial charge on any atom is 0.232 e. The highest BCUT2D eigenvalue weighted by atomic mass is 79.9. The lowest BCUT2D eigenvalue weighted by Gasteiger charge is -2.40. The van der Waals surface area contributed by atoms with Gasteiger partial charge in [-0.2, -0.15) is 4.98 Å². The monoisotopic (exact) mass is 343 g/mol. The van der Waals surface area contributed by atoms with E-state index < -0.39 is 5.60 Å². The van der Waals surface area contributed by atoms with E-state index in [9.17, 15) is 5.11 Å². The quantitative estimate of drug-likeness (QED) is 0.879. The number of nitrogens with zero attached hydrogens (tertiary/aromatic N) is 2. The van der Waals surface area contributed by atoms with Gasteiger partial charge in [-0.25, -0.2) is 4.98 Å². The van der Waals surface area contributed by atoms with Gasteiger partial charge in [0.05, 0.1) is 23.4 Å². The molecule has 1 heterocycles. The van der Waals surface area contributed by atoms with E-state index in [0.29, 0.717) is 28.3 Å². The van der Waals surface area contributed by atoms with Crippen LogP contribution in [0.4, 0.5) is 5.95 Å². The Bertz CT molecular complexity index is 469. The van der Waals surface area contributed by atoms with Gasteiger partial charge in [0.1, 0.15) is 0 Å².